The molecule has 44 heavy (non-hydrogen) atoms. The second-order valence-corrected chi connectivity index (χ2v) is 24.1. The van der Waals surface area contributed by atoms with Crippen LogP contribution in [-0.2, 0) is 38.2 Å². The monoisotopic (exact) mass is 916 g/mol. The van der Waals surface area contributed by atoms with E-state index in [2.05, 4.69) is 170 Å². The van der Waals surface area contributed by atoms with E-state index in [9.17, 15) is 0 Å². The number of fused-ring (bicyclic) bond motifs is 3. The molecule has 0 bridgehead atoms. The van der Waals surface area contributed by atoms with E-state index < -0.39 is 21.0 Å². The molecule has 4 aromatic carbocycles. The van der Waals surface area contributed by atoms with E-state index >= 15 is 0 Å². The molecule has 2 aliphatic rings. The molecule has 0 spiro atoms. The summed E-state index contributed by atoms with van der Waals surface area (Å²) >= 11 is 4.39. The Kier molecular flexibility index (Phi) is 11.1. The summed E-state index contributed by atoms with van der Waals surface area (Å²) in [5.74, 6) is 0. The van der Waals surface area contributed by atoms with Crippen LogP contribution in [0.2, 0.25) is 0 Å². The van der Waals surface area contributed by atoms with Crippen molar-refractivity contribution in [3.8, 4) is 11.1 Å². The van der Waals surface area contributed by atoms with Crippen molar-refractivity contribution in [2.75, 3.05) is 0 Å². The van der Waals surface area contributed by atoms with Gasteiger partial charge in [-0.15, -0.1) is 24.8 Å². The zero-order valence-electron chi connectivity index (χ0n) is 26.2. The van der Waals surface area contributed by atoms with Crippen LogP contribution in [0, 0.1) is 0 Å². The van der Waals surface area contributed by atoms with Gasteiger partial charge in [0.1, 0.15) is 0 Å². The van der Waals surface area contributed by atoms with Crippen molar-refractivity contribution < 1.29 is 21.0 Å². The first-order valence-corrected chi connectivity index (χ1v) is 21.8. The van der Waals surface area contributed by atoms with Gasteiger partial charge in [0, 0.05) is 0 Å². The fourth-order valence-corrected chi connectivity index (χ4v) is 20.0. The Hall–Kier alpha value is -1.36. The average Bonchev–Trinajstić information content (AvgIpc) is 3.59. The predicted molar refractivity (Wildman–Crippen MR) is 200 cm³/mol. The van der Waals surface area contributed by atoms with E-state index in [1.807, 2.05) is 0 Å². The molecule has 0 aromatic heterocycles. The number of hydrogen-bond acceptors (Lipinski definition) is 0. The third kappa shape index (κ3) is 6.98. The topological polar surface area (TPSA) is 0 Å². The number of halogens is 4. The van der Waals surface area contributed by atoms with Crippen molar-refractivity contribution in [3.63, 3.8) is 0 Å². The molecule has 0 N–H and O–H groups in total. The van der Waals surface area contributed by atoms with Gasteiger partial charge in [-0.2, -0.15) is 0 Å². The maximum atomic E-state index is 3.70. The van der Waals surface area contributed by atoms with Gasteiger partial charge >= 0.3 is 278 Å². The fourth-order valence-electron chi connectivity index (χ4n) is 6.42. The molecule has 0 nitrogen and oxygen atoms in total. The quantitative estimate of drug-likeness (QED) is 0.158. The summed E-state index contributed by atoms with van der Waals surface area (Å²) in [6.07, 6.45) is 9.21. The van der Waals surface area contributed by atoms with Gasteiger partial charge in [0.25, 0.3) is 0 Å². The molecular formula is C39H40Br2Cl2Hf. The van der Waals surface area contributed by atoms with E-state index in [0.717, 1.165) is 21.8 Å². The van der Waals surface area contributed by atoms with Crippen LogP contribution >= 0.6 is 56.7 Å². The Morgan fingerprint density at radius 2 is 1.25 bits per heavy atom. The van der Waals surface area contributed by atoms with E-state index in [1.54, 1.807) is 15.5 Å². The minimum Gasteiger partial charge on any atom is -0.147 e. The minimum absolute atomic E-state index is 0. The summed E-state index contributed by atoms with van der Waals surface area (Å²) in [6, 6.07) is 30.3. The van der Waals surface area contributed by atoms with Gasteiger partial charge < -0.3 is 0 Å². The Morgan fingerprint density at radius 1 is 0.682 bits per heavy atom. The molecule has 0 fully saturated rings. The normalized spacial score (nSPS) is 13.4. The molecule has 0 heterocycles. The third-order valence-electron chi connectivity index (χ3n) is 8.61. The van der Waals surface area contributed by atoms with Crippen molar-refractivity contribution >= 4 is 63.2 Å². The molecule has 4 aromatic rings. The van der Waals surface area contributed by atoms with Crippen molar-refractivity contribution in [1.29, 1.82) is 0 Å². The van der Waals surface area contributed by atoms with E-state index in [1.165, 1.54) is 38.9 Å². The van der Waals surface area contributed by atoms with E-state index in [-0.39, 0.29) is 35.6 Å². The molecule has 5 heteroatoms. The molecule has 0 saturated carbocycles. The van der Waals surface area contributed by atoms with Gasteiger partial charge in [0.15, 0.2) is 0 Å². The van der Waals surface area contributed by atoms with Crippen LogP contribution in [0.3, 0.4) is 0 Å². The third-order valence-corrected chi connectivity index (χ3v) is 21.0. The number of hydrogen-bond donors (Lipinski definition) is 0. The largest absolute Gasteiger partial charge is 0.147 e. The molecule has 0 amide bonds. The SMILES string of the molecule is CC(C)(C)c1ccc2c(c1)Cc1c-2ccc(C(C)(C)C)[c]1[Hf]([C]1=CC=CC1)=[C](c1ccc(Br)cc1)c1ccc(Br)cc1.Cl.Cl. The van der Waals surface area contributed by atoms with Crippen LogP contribution in [0.4, 0.5) is 0 Å². The zero-order chi connectivity index (χ0) is 29.8. The number of allylic oxidation sites excluding steroid dienone is 4. The first kappa shape index (κ1) is 35.5. The smallest absolute Gasteiger partial charge is 0.147 e. The molecule has 0 saturated heterocycles. The zero-order valence-corrected chi connectivity index (χ0v) is 34.6. The number of benzene rings is 4. The molecule has 0 aliphatic heterocycles. The van der Waals surface area contributed by atoms with Crippen molar-refractivity contribution in [3.05, 3.63) is 143 Å². The second-order valence-electron chi connectivity index (χ2n) is 13.7. The van der Waals surface area contributed by atoms with Gasteiger partial charge in [-0.05, 0) is 0 Å². The summed E-state index contributed by atoms with van der Waals surface area (Å²) in [5.41, 5.74) is 11.8. The van der Waals surface area contributed by atoms with Crippen molar-refractivity contribution in [2.24, 2.45) is 0 Å². The molecular weight excluding hydrogens is 878 g/mol. The summed E-state index contributed by atoms with van der Waals surface area (Å²) in [4.78, 5) is 0. The Balaban J connectivity index is 0.00000221. The molecule has 2 aliphatic carbocycles. The second kappa shape index (κ2) is 13.8. The Bertz CT molecular complexity index is 1740. The summed E-state index contributed by atoms with van der Waals surface area (Å²) < 4.78 is 7.20. The van der Waals surface area contributed by atoms with Gasteiger partial charge in [0.05, 0.1) is 0 Å². The van der Waals surface area contributed by atoms with Crippen molar-refractivity contribution in [2.45, 2.75) is 65.2 Å². The molecule has 0 unspecified atom stereocenters. The Labute approximate surface area is 300 Å². The van der Waals surface area contributed by atoms with Gasteiger partial charge in [-0.1, -0.05) is 0 Å². The van der Waals surface area contributed by atoms with Crippen LogP contribution in [0.15, 0.2) is 109 Å². The number of rotatable bonds is 4. The maximum absolute atomic E-state index is 3.70. The van der Waals surface area contributed by atoms with Crippen LogP contribution < -0.4 is 3.32 Å². The molecule has 228 valence electrons. The van der Waals surface area contributed by atoms with Gasteiger partial charge in [-0.25, -0.2) is 0 Å². The van der Waals surface area contributed by atoms with Crippen molar-refractivity contribution in [1.82, 2.24) is 0 Å². The van der Waals surface area contributed by atoms with Crippen LogP contribution in [0.5, 0.6) is 0 Å². The molecule has 6 rings (SSSR count). The van der Waals surface area contributed by atoms with E-state index in [0.29, 0.717) is 0 Å². The minimum atomic E-state index is -3.01. The van der Waals surface area contributed by atoms with Gasteiger partial charge in [0.2, 0.25) is 0 Å². The molecule has 0 atom stereocenters. The maximum Gasteiger partial charge on any atom is -0.147 e. The van der Waals surface area contributed by atoms with Crippen LogP contribution in [0.25, 0.3) is 11.1 Å². The summed E-state index contributed by atoms with van der Waals surface area (Å²) in [6.45, 7) is 14.2. The average molecular weight is 918 g/mol. The van der Waals surface area contributed by atoms with Crippen LogP contribution in [0.1, 0.15) is 81.3 Å². The summed E-state index contributed by atoms with van der Waals surface area (Å²) in [5, 5.41) is 0. The Morgan fingerprint density at radius 3 is 1.75 bits per heavy atom. The first-order chi connectivity index (χ1) is 19.9. The van der Waals surface area contributed by atoms with E-state index in [4.69, 9.17) is 0 Å². The standard InChI is InChI=1S/C21H25.C13H8Br2.C5H5.2ClH.Hf/c1-20(2,3)16-7-9-18-14(12-16)11-15-13-17(21(4,5)6)8-10-19(15)18;14-12-5-1-10(2-6-12)9-11-3-7-13(15)8-4-11;1-2-4-5-3-1;;;/h7-10,12H,11H2,1-6H3;1-8H;1-3H,4H2;2*1H;. The predicted octanol–water partition coefficient (Wildman–Crippen LogP) is 11.6. The van der Waals surface area contributed by atoms with Crippen LogP contribution in [-0.4, -0.2) is 3.26 Å². The first-order valence-electron chi connectivity index (χ1n) is 14.8. The summed E-state index contributed by atoms with van der Waals surface area (Å²) in [7, 11) is 0. The van der Waals surface area contributed by atoms with Gasteiger partial charge in [-0.3, -0.25) is 0 Å². The molecule has 0 radical (unpaired) electrons. The fraction of sp³-hybridized carbons (Fsp3) is 0.256.